The van der Waals surface area contributed by atoms with E-state index in [1.165, 1.54) is 37.6 Å². The number of aldehydes is 1. The highest BCUT2D eigenvalue weighted by atomic mass is 19.4. The second-order valence-corrected chi connectivity index (χ2v) is 8.95. The Morgan fingerprint density at radius 2 is 1.85 bits per heavy atom. The molecule has 0 saturated heterocycles. The van der Waals surface area contributed by atoms with Gasteiger partial charge in [-0.2, -0.15) is 0 Å². The normalized spacial score (nSPS) is 11.5. The molecule has 1 N–H and O–H groups in total. The first-order valence-corrected chi connectivity index (χ1v) is 11.8. The predicted octanol–water partition coefficient (Wildman–Crippen LogP) is 4.51. The first kappa shape index (κ1) is 28.2. The number of fused-ring (bicyclic) bond motifs is 1. The fourth-order valence-corrected chi connectivity index (χ4v) is 3.99. The van der Waals surface area contributed by atoms with Crippen molar-refractivity contribution in [2.45, 2.75) is 32.8 Å². The zero-order valence-corrected chi connectivity index (χ0v) is 21.4. The molecule has 2 aromatic carbocycles. The fourth-order valence-electron chi connectivity index (χ4n) is 3.99. The van der Waals surface area contributed by atoms with Gasteiger partial charge in [0.05, 0.1) is 12.5 Å². The first-order valence-electron chi connectivity index (χ1n) is 11.8. The molecule has 0 bridgehead atoms. The van der Waals surface area contributed by atoms with Crippen molar-refractivity contribution in [1.29, 1.82) is 0 Å². The minimum atomic E-state index is -4.99. The lowest BCUT2D eigenvalue weighted by Gasteiger charge is -2.16. The molecular weight excluding hydrogens is 536 g/mol. The zero-order chi connectivity index (χ0) is 29.2. The molecule has 9 nitrogen and oxygen atoms in total. The van der Waals surface area contributed by atoms with Crippen LogP contribution in [0.4, 0.5) is 17.6 Å². The van der Waals surface area contributed by atoms with Crippen molar-refractivity contribution in [3.05, 3.63) is 70.4 Å². The van der Waals surface area contributed by atoms with Crippen LogP contribution in [-0.4, -0.2) is 46.2 Å². The van der Waals surface area contributed by atoms with E-state index >= 15 is 0 Å². The Morgan fingerprint density at radius 3 is 2.50 bits per heavy atom. The highest BCUT2D eigenvalue weighted by Gasteiger charge is 2.31. The summed E-state index contributed by atoms with van der Waals surface area (Å²) >= 11 is 0. The predicted molar refractivity (Wildman–Crippen MR) is 137 cm³/mol. The van der Waals surface area contributed by atoms with E-state index in [1.807, 2.05) is 0 Å². The van der Waals surface area contributed by atoms with E-state index < -0.39 is 35.9 Å². The summed E-state index contributed by atoms with van der Waals surface area (Å²) in [6.07, 6.45) is -3.37. The molecule has 0 fully saturated rings. The summed E-state index contributed by atoms with van der Waals surface area (Å²) in [5, 5.41) is 2.63. The molecule has 40 heavy (non-hydrogen) atoms. The smallest absolute Gasteiger partial charge is 0.494 e. The van der Waals surface area contributed by atoms with Crippen LogP contribution in [0.3, 0.4) is 0 Å². The van der Waals surface area contributed by atoms with Gasteiger partial charge in [-0.15, -0.1) is 13.2 Å². The number of hydrogen-bond acceptors (Lipinski definition) is 7. The highest BCUT2D eigenvalue weighted by Crippen LogP contribution is 2.31. The van der Waals surface area contributed by atoms with Gasteiger partial charge in [-0.3, -0.25) is 19.0 Å². The van der Waals surface area contributed by atoms with Crippen LogP contribution in [0.5, 0.6) is 11.5 Å². The number of nitrogens with zero attached hydrogens (tertiary/aromatic N) is 3. The maximum Gasteiger partial charge on any atom is 0.573 e. The van der Waals surface area contributed by atoms with Crippen LogP contribution >= 0.6 is 0 Å². The van der Waals surface area contributed by atoms with Crippen LogP contribution < -0.4 is 20.3 Å². The lowest BCUT2D eigenvalue weighted by Crippen LogP contribution is -2.37. The van der Waals surface area contributed by atoms with Gasteiger partial charge in [0.2, 0.25) is 5.91 Å². The lowest BCUT2D eigenvalue weighted by atomic mass is 10.0. The van der Waals surface area contributed by atoms with Crippen molar-refractivity contribution in [3.63, 3.8) is 0 Å². The van der Waals surface area contributed by atoms with E-state index in [1.54, 1.807) is 13.8 Å². The minimum Gasteiger partial charge on any atom is -0.494 e. The van der Waals surface area contributed by atoms with Crippen LogP contribution in [0.15, 0.2) is 53.5 Å². The molecule has 0 unspecified atom stereocenters. The maximum atomic E-state index is 14.1. The molecular formula is C27H22F4N4O5. The third-order valence-corrected chi connectivity index (χ3v) is 5.60. The van der Waals surface area contributed by atoms with E-state index in [-0.39, 0.29) is 50.9 Å². The molecule has 0 radical (unpaired) electrons. The van der Waals surface area contributed by atoms with Crippen LogP contribution in [-0.2, 0) is 11.3 Å². The van der Waals surface area contributed by atoms with Crippen molar-refractivity contribution in [1.82, 2.24) is 19.9 Å². The number of nitrogens with one attached hydrogen (secondary N) is 1. The number of pyridine rings is 1. The summed E-state index contributed by atoms with van der Waals surface area (Å²) in [5.41, 5.74) is -0.238. The molecule has 2 aromatic heterocycles. The highest BCUT2D eigenvalue weighted by molar-refractivity contribution is 5.85. The van der Waals surface area contributed by atoms with E-state index in [4.69, 9.17) is 4.74 Å². The molecule has 0 aliphatic rings. The fraction of sp³-hybridized carbons (Fsp3) is 0.222. The van der Waals surface area contributed by atoms with Crippen molar-refractivity contribution in [2.24, 2.45) is 0 Å². The van der Waals surface area contributed by atoms with Gasteiger partial charge in [0.1, 0.15) is 24.4 Å². The Kier molecular flexibility index (Phi) is 7.84. The average molecular weight is 558 g/mol. The van der Waals surface area contributed by atoms with E-state index in [0.717, 1.165) is 22.8 Å². The molecule has 1 amide bonds. The topological polar surface area (TPSA) is 112 Å². The van der Waals surface area contributed by atoms with Gasteiger partial charge >= 0.3 is 6.36 Å². The van der Waals surface area contributed by atoms with Crippen LogP contribution in [0, 0.1) is 5.82 Å². The molecule has 2 heterocycles. The number of carbonyl (C=O) groups is 2. The number of amides is 1. The molecule has 4 aromatic rings. The van der Waals surface area contributed by atoms with Crippen LogP contribution in [0.25, 0.3) is 33.5 Å². The maximum absolute atomic E-state index is 14.1. The van der Waals surface area contributed by atoms with E-state index in [2.05, 4.69) is 20.0 Å². The Hall–Kier alpha value is -4.81. The summed E-state index contributed by atoms with van der Waals surface area (Å²) in [6.45, 7) is 3.04. The molecule has 4 rings (SSSR count). The number of rotatable bonds is 8. The Labute approximate surface area is 224 Å². The number of methoxy groups -OCH3 is 1. The monoisotopic (exact) mass is 558 g/mol. The second-order valence-electron chi connectivity index (χ2n) is 8.95. The number of alkyl halides is 3. The van der Waals surface area contributed by atoms with Crippen molar-refractivity contribution in [2.75, 3.05) is 7.11 Å². The summed E-state index contributed by atoms with van der Waals surface area (Å²) in [4.78, 5) is 46.3. The van der Waals surface area contributed by atoms with E-state index in [0.29, 0.717) is 6.29 Å². The number of carbonyl (C=O) groups excluding carboxylic acids is 2. The summed E-state index contributed by atoms with van der Waals surface area (Å²) < 4.78 is 62.6. The number of ether oxygens (including phenoxy) is 2. The van der Waals surface area contributed by atoms with Gasteiger partial charge in [-0.05, 0) is 61.9 Å². The molecule has 0 aliphatic carbocycles. The summed E-state index contributed by atoms with van der Waals surface area (Å²) in [5.74, 6) is -1.87. The quantitative estimate of drug-likeness (QED) is 0.250. The lowest BCUT2D eigenvalue weighted by molar-refractivity contribution is -0.274. The molecule has 0 atom stereocenters. The van der Waals surface area contributed by atoms with Gasteiger partial charge in [-0.1, -0.05) is 0 Å². The number of benzene rings is 2. The summed E-state index contributed by atoms with van der Waals surface area (Å²) in [6, 6.07) is 8.20. The minimum absolute atomic E-state index is 0.0128. The Morgan fingerprint density at radius 1 is 1.10 bits per heavy atom. The van der Waals surface area contributed by atoms with Crippen molar-refractivity contribution < 1.29 is 36.6 Å². The van der Waals surface area contributed by atoms with E-state index in [9.17, 15) is 31.9 Å². The van der Waals surface area contributed by atoms with Gasteiger partial charge in [0.25, 0.3) is 5.56 Å². The number of hydrogen-bond donors (Lipinski definition) is 1. The zero-order valence-electron chi connectivity index (χ0n) is 21.4. The van der Waals surface area contributed by atoms with Gasteiger partial charge in [-0.25, -0.2) is 14.4 Å². The van der Waals surface area contributed by atoms with Crippen LogP contribution in [0.1, 0.15) is 24.2 Å². The standard InChI is InChI=1S/C27H22F4N4O5/c1-14(2)33-23(37)12-35-25(16-4-5-21(28)22(10-16)39-3)34-24-20(26(35)38)9-18(11-32-24)17-6-15(13-36)7-19(8-17)40-27(29,30)31/h4-11,13-14H,12H2,1-3H3,(H,33,37). The Balaban J connectivity index is 1.91. The van der Waals surface area contributed by atoms with Gasteiger partial charge in [0, 0.05) is 28.9 Å². The molecule has 0 aliphatic heterocycles. The average Bonchev–Trinajstić information content (AvgIpc) is 2.88. The largest absolute Gasteiger partial charge is 0.573 e. The Bertz CT molecular complexity index is 1670. The van der Waals surface area contributed by atoms with Crippen molar-refractivity contribution in [3.8, 4) is 34.0 Å². The molecule has 13 heteroatoms. The second kappa shape index (κ2) is 11.1. The number of aromatic nitrogens is 3. The third-order valence-electron chi connectivity index (χ3n) is 5.60. The molecule has 0 spiro atoms. The first-order chi connectivity index (χ1) is 18.9. The molecule has 0 saturated carbocycles. The SMILES string of the molecule is COc1cc(-c2nc3ncc(-c4cc(C=O)cc(OC(F)(F)F)c4)cc3c(=O)n2CC(=O)NC(C)C)ccc1F. The molecule has 208 valence electrons. The van der Waals surface area contributed by atoms with Crippen LogP contribution in [0.2, 0.25) is 0 Å². The third kappa shape index (κ3) is 6.25. The van der Waals surface area contributed by atoms with Gasteiger partial charge < -0.3 is 14.8 Å². The summed E-state index contributed by atoms with van der Waals surface area (Å²) in [7, 11) is 1.27. The van der Waals surface area contributed by atoms with Gasteiger partial charge in [0.15, 0.2) is 17.2 Å². The van der Waals surface area contributed by atoms with Crippen molar-refractivity contribution >= 4 is 23.2 Å². The number of halogens is 4.